The van der Waals surface area contributed by atoms with Crippen LogP contribution in [-0.2, 0) is 19.4 Å². The second-order valence-electron chi connectivity index (χ2n) is 5.56. The van der Waals surface area contributed by atoms with Crippen LogP contribution in [0.1, 0.15) is 30.2 Å². The molecule has 1 unspecified atom stereocenters. The predicted molar refractivity (Wildman–Crippen MR) is 84.0 cm³/mol. The maximum atomic E-state index is 6.19. The summed E-state index contributed by atoms with van der Waals surface area (Å²) in [5.41, 5.74) is 9.31. The van der Waals surface area contributed by atoms with Crippen molar-refractivity contribution in [3.63, 3.8) is 0 Å². The molecule has 1 aliphatic heterocycles. The molecule has 1 aromatic carbocycles. The summed E-state index contributed by atoms with van der Waals surface area (Å²) in [7, 11) is 0. The topological polar surface area (TPSA) is 53.1 Å². The zero-order chi connectivity index (χ0) is 14.8. The van der Waals surface area contributed by atoms with Gasteiger partial charge in [0.25, 0.3) is 0 Å². The summed E-state index contributed by atoms with van der Waals surface area (Å²) >= 11 is 6.19. The van der Waals surface area contributed by atoms with Crippen LogP contribution < -0.4 is 10.5 Å². The van der Waals surface area contributed by atoms with Gasteiger partial charge in [-0.25, -0.2) is 4.98 Å². The number of halogens is 1. The molecule has 0 saturated carbocycles. The highest BCUT2D eigenvalue weighted by Crippen LogP contribution is 2.33. The van der Waals surface area contributed by atoms with E-state index >= 15 is 0 Å². The Kier molecular flexibility index (Phi) is 4.17. The molecule has 0 saturated heterocycles. The van der Waals surface area contributed by atoms with Gasteiger partial charge in [-0.15, -0.1) is 0 Å². The molecular weight excluding hydrogens is 286 g/mol. The second kappa shape index (κ2) is 6.08. The maximum Gasteiger partial charge on any atom is 0.127 e. The standard InChI is InChI=1S/C16H20ClN3O/c1-2-14(18)7-15-9-20(10-19-15)8-12-6-13(17)5-11-3-4-21-16(11)12/h5-6,9-10,14H,2-4,7-8,18H2,1H3. The van der Waals surface area contributed by atoms with E-state index < -0.39 is 0 Å². The Labute approximate surface area is 129 Å². The zero-order valence-electron chi connectivity index (χ0n) is 12.2. The lowest BCUT2D eigenvalue weighted by molar-refractivity contribution is 0.352. The molecule has 0 spiro atoms. The number of nitrogens with zero attached hydrogens (tertiary/aromatic N) is 2. The van der Waals surface area contributed by atoms with E-state index in [0.29, 0.717) is 0 Å². The van der Waals surface area contributed by atoms with E-state index in [0.717, 1.165) is 54.4 Å². The van der Waals surface area contributed by atoms with Crippen molar-refractivity contribution in [2.45, 2.75) is 38.8 Å². The van der Waals surface area contributed by atoms with Crippen LogP contribution in [0.5, 0.6) is 5.75 Å². The van der Waals surface area contributed by atoms with Crippen LogP contribution in [-0.4, -0.2) is 22.2 Å². The van der Waals surface area contributed by atoms with Crippen molar-refractivity contribution in [3.8, 4) is 5.75 Å². The molecule has 2 heterocycles. The number of aromatic nitrogens is 2. The fourth-order valence-corrected chi connectivity index (χ4v) is 2.93. The average Bonchev–Trinajstić information content (AvgIpc) is 3.07. The Morgan fingerprint density at radius 3 is 3.14 bits per heavy atom. The highest BCUT2D eigenvalue weighted by Gasteiger charge is 2.18. The van der Waals surface area contributed by atoms with E-state index in [1.165, 1.54) is 5.56 Å². The lowest BCUT2D eigenvalue weighted by Crippen LogP contribution is -2.21. The lowest BCUT2D eigenvalue weighted by Gasteiger charge is -2.09. The van der Waals surface area contributed by atoms with Gasteiger partial charge in [0, 0.05) is 35.7 Å². The fraction of sp³-hybridized carbons (Fsp3) is 0.438. The van der Waals surface area contributed by atoms with E-state index in [1.54, 1.807) is 0 Å². The van der Waals surface area contributed by atoms with Crippen molar-refractivity contribution in [3.05, 3.63) is 46.5 Å². The molecule has 0 fully saturated rings. The van der Waals surface area contributed by atoms with Gasteiger partial charge in [-0.05, 0) is 24.1 Å². The van der Waals surface area contributed by atoms with Crippen LogP contribution in [0.15, 0.2) is 24.7 Å². The summed E-state index contributed by atoms with van der Waals surface area (Å²) in [4.78, 5) is 4.43. The minimum atomic E-state index is 0.173. The second-order valence-corrected chi connectivity index (χ2v) is 6.00. The Morgan fingerprint density at radius 2 is 2.33 bits per heavy atom. The SMILES string of the molecule is CCC(N)Cc1cn(Cc2cc(Cl)cc3c2OCC3)cn1. The molecular formula is C16H20ClN3O. The van der Waals surface area contributed by atoms with Crippen LogP contribution in [0.4, 0.5) is 0 Å². The van der Waals surface area contributed by atoms with Gasteiger partial charge in [-0.2, -0.15) is 0 Å². The van der Waals surface area contributed by atoms with Crippen LogP contribution in [0, 0.1) is 0 Å². The summed E-state index contributed by atoms with van der Waals surface area (Å²) in [5.74, 6) is 0.986. The predicted octanol–water partition coefficient (Wildman–Crippen LogP) is 2.80. The van der Waals surface area contributed by atoms with E-state index in [2.05, 4.69) is 22.7 Å². The highest BCUT2D eigenvalue weighted by atomic mass is 35.5. The number of hydrogen-bond acceptors (Lipinski definition) is 3. The first kappa shape index (κ1) is 14.4. The van der Waals surface area contributed by atoms with Gasteiger partial charge in [0.05, 0.1) is 25.2 Å². The number of rotatable bonds is 5. The third kappa shape index (κ3) is 3.22. The normalized spacial score (nSPS) is 14.8. The van der Waals surface area contributed by atoms with E-state index in [4.69, 9.17) is 22.1 Å². The first-order chi connectivity index (χ1) is 10.2. The number of hydrogen-bond donors (Lipinski definition) is 1. The van der Waals surface area contributed by atoms with Crippen molar-refractivity contribution in [2.24, 2.45) is 5.73 Å². The molecule has 2 N–H and O–H groups in total. The Balaban J connectivity index is 1.78. The quantitative estimate of drug-likeness (QED) is 0.924. The van der Waals surface area contributed by atoms with Crippen LogP contribution in [0.3, 0.4) is 0 Å². The average molecular weight is 306 g/mol. The first-order valence-corrected chi connectivity index (χ1v) is 7.74. The third-order valence-corrected chi connectivity index (χ3v) is 4.08. The van der Waals surface area contributed by atoms with Crippen molar-refractivity contribution in [1.82, 2.24) is 9.55 Å². The molecule has 0 bridgehead atoms. The summed E-state index contributed by atoms with van der Waals surface area (Å²) in [5, 5.41) is 0.766. The minimum Gasteiger partial charge on any atom is -0.493 e. The first-order valence-electron chi connectivity index (χ1n) is 7.36. The number of imidazole rings is 1. The van der Waals surface area contributed by atoms with E-state index in [9.17, 15) is 0 Å². The summed E-state index contributed by atoms with van der Waals surface area (Å²) in [6.07, 6.45) is 6.61. The number of benzene rings is 1. The highest BCUT2D eigenvalue weighted by molar-refractivity contribution is 6.30. The monoisotopic (exact) mass is 305 g/mol. The summed E-state index contributed by atoms with van der Waals surface area (Å²) in [6, 6.07) is 4.14. The molecule has 0 amide bonds. The van der Waals surface area contributed by atoms with Gasteiger partial charge < -0.3 is 15.0 Å². The maximum absolute atomic E-state index is 6.19. The van der Waals surface area contributed by atoms with Crippen LogP contribution in [0.2, 0.25) is 5.02 Å². The molecule has 1 atom stereocenters. The summed E-state index contributed by atoms with van der Waals surface area (Å²) < 4.78 is 7.79. The van der Waals surface area contributed by atoms with Crippen molar-refractivity contribution in [1.29, 1.82) is 0 Å². The van der Waals surface area contributed by atoms with E-state index in [-0.39, 0.29) is 6.04 Å². The Hall–Kier alpha value is -1.52. The Morgan fingerprint density at radius 1 is 1.48 bits per heavy atom. The summed E-state index contributed by atoms with van der Waals surface area (Å²) in [6.45, 7) is 3.55. The van der Waals surface area contributed by atoms with Crippen LogP contribution >= 0.6 is 11.6 Å². The number of nitrogens with two attached hydrogens (primary N) is 1. The minimum absolute atomic E-state index is 0.173. The van der Waals surface area contributed by atoms with Crippen molar-refractivity contribution < 1.29 is 4.74 Å². The molecule has 0 radical (unpaired) electrons. The molecule has 0 aliphatic carbocycles. The Bertz CT molecular complexity index is 638. The van der Waals surface area contributed by atoms with Crippen molar-refractivity contribution >= 4 is 11.6 Å². The molecule has 3 rings (SSSR count). The third-order valence-electron chi connectivity index (χ3n) is 3.86. The fourth-order valence-electron chi connectivity index (χ4n) is 2.67. The zero-order valence-corrected chi connectivity index (χ0v) is 12.9. The van der Waals surface area contributed by atoms with Gasteiger partial charge in [-0.1, -0.05) is 18.5 Å². The molecule has 112 valence electrons. The van der Waals surface area contributed by atoms with Crippen LogP contribution in [0.25, 0.3) is 0 Å². The molecule has 5 heteroatoms. The number of fused-ring (bicyclic) bond motifs is 1. The van der Waals surface area contributed by atoms with Gasteiger partial charge >= 0.3 is 0 Å². The largest absolute Gasteiger partial charge is 0.493 e. The van der Waals surface area contributed by atoms with Gasteiger partial charge in [0.2, 0.25) is 0 Å². The molecule has 4 nitrogen and oxygen atoms in total. The lowest BCUT2D eigenvalue weighted by atomic mass is 10.1. The van der Waals surface area contributed by atoms with Gasteiger partial charge in [0.15, 0.2) is 0 Å². The smallest absolute Gasteiger partial charge is 0.127 e. The molecule has 21 heavy (non-hydrogen) atoms. The van der Waals surface area contributed by atoms with Crippen molar-refractivity contribution in [2.75, 3.05) is 6.61 Å². The van der Waals surface area contributed by atoms with Gasteiger partial charge in [0.1, 0.15) is 5.75 Å². The molecule has 1 aliphatic rings. The molecule has 2 aromatic rings. The number of ether oxygens (including phenoxy) is 1. The molecule has 1 aromatic heterocycles. The van der Waals surface area contributed by atoms with E-state index in [1.807, 2.05) is 18.5 Å². The van der Waals surface area contributed by atoms with Gasteiger partial charge in [-0.3, -0.25) is 0 Å².